The van der Waals surface area contributed by atoms with Crippen LogP contribution in [0.2, 0.25) is 0 Å². The van der Waals surface area contributed by atoms with E-state index in [1.54, 1.807) is 18.4 Å². The Labute approximate surface area is 173 Å². The third-order valence-corrected chi connectivity index (χ3v) is 5.49. The summed E-state index contributed by atoms with van der Waals surface area (Å²) in [5, 5.41) is 3.81. The van der Waals surface area contributed by atoms with Crippen LogP contribution in [0.1, 0.15) is 29.8 Å². The van der Waals surface area contributed by atoms with E-state index in [9.17, 15) is 9.59 Å². The predicted octanol–water partition coefficient (Wildman–Crippen LogP) is 3.88. The van der Waals surface area contributed by atoms with Crippen LogP contribution in [0, 0.1) is 0 Å². The number of amides is 1. The van der Waals surface area contributed by atoms with Gasteiger partial charge in [0.25, 0.3) is 5.91 Å². The second-order valence-electron chi connectivity index (χ2n) is 6.53. The van der Waals surface area contributed by atoms with E-state index in [2.05, 4.69) is 16.4 Å². The number of aryl methyl sites for hydroxylation is 1. The molecule has 7 heteroatoms. The van der Waals surface area contributed by atoms with E-state index in [-0.39, 0.29) is 18.5 Å². The first-order chi connectivity index (χ1) is 14.2. The summed E-state index contributed by atoms with van der Waals surface area (Å²) >= 11 is 1.69. The van der Waals surface area contributed by atoms with Crippen molar-refractivity contribution in [1.82, 2.24) is 10.3 Å². The second-order valence-corrected chi connectivity index (χ2v) is 7.65. The lowest BCUT2D eigenvalue weighted by atomic mass is 10.2. The average molecular weight is 413 g/mol. The Kier molecular flexibility index (Phi) is 7.58. The number of thiazole rings is 1. The lowest BCUT2D eigenvalue weighted by molar-refractivity contribution is -0.148. The van der Waals surface area contributed by atoms with E-state index in [0.29, 0.717) is 25.1 Å². The summed E-state index contributed by atoms with van der Waals surface area (Å²) in [5.74, 6) is 0.0124. The number of benzene rings is 2. The Morgan fingerprint density at radius 2 is 1.86 bits per heavy atom. The van der Waals surface area contributed by atoms with Gasteiger partial charge in [0.05, 0.1) is 22.3 Å². The summed E-state index contributed by atoms with van der Waals surface area (Å²) < 4.78 is 11.5. The first kappa shape index (κ1) is 20.8. The lowest BCUT2D eigenvalue weighted by Crippen LogP contribution is -2.28. The molecule has 0 atom stereocenters. The number of ether oxygens (including phenoxy) is 2. The van der Waals surface area contributed by atoms with Gasteiger partial charge in [-0.05, 0) is 37.5 Å². The molecule has 0 radical (unpaired) electrons. The van der Waals surface area contributed by atoms with Gasteiger partial charge >= 0.3 is 5.97 Å². The minimum Gasteiger partial charge on any atom is -0.496 e. The molecular weight excluding hydrogens is 388 g/mol. The van der Waals surface area contributed by atoms with Crippen LogP contribution in [0.5, 0.6) is 5.75 Å². The van der Waals surface area contributed by atoms with Gasteiger partial charge in [0.1, 0.15) is 5.75 Å². The van der Waals surface area contributed by atoms with Crippen molar-refractivity contribution in [1.29, 1.82) is 0 Å². The summed E-state index contributed by atoms with van der Waals surface area (Å²) in [6, 6.07) is 15.5. The van der Waals surface area contributed by atoms with E-state index in [1.807, 2.05) is 42.5 Å². The second kappa shape index (κ2) is 10.6. The fourth-order valence-corrected chi connectivity index (χ4v) is 3.89. The van der Waals surface area contributed by atoms with Crippen molar-refractivity contribution in [3.8, 4) is 5.75 Å². The lowest BCUT2D eigenvalue weighted by Gasteiger charge is -2.09. The number of carbonyl (C=O) groups excluding carboxylic acids is 2. The van der Waals surface area contributed by atoms with Crippen LogP contribution in [0.3, 0.4) is 0 Å². The zero-order valence-electron chi connectivity index (χ0n) is 16.3. The minimum atomic E-state index is -0.359. The quantitative estimate of drug-likeness (QED) is 0.404. The van der Waals surface area contributed by atoms with Crippen molar-refractivity contribution in [2.24, 2.45) is 0 Å². The number of hydrogen-bond acceptors (Lipinski definition) is 6. The molecule has 0 saturated heterocycles. The third kappa shape index (κ3) is 6.29. The van der Waals surface area contributed by atoms with E-state index >= 15 is 0 Å². The molecule has 0 saturated carbocycles. The Bertz CT molecular complexity index is 937. The van der Waals surface area contributed by atoms with Crippen molar-refractivity contribution < 1.29 is 19.1 Å². The number of unbranched alkanes of at least 4 members (excludes halogenated alkanes) is 1. The van der Waals surface area contributed by atoms with Crippen molar-refractivity contribution in [2.45, 2.75) is 32.2 Å². The van der Waals surface area contributed by atoms with Gasteiger partial charge in [0, 0.05) is 18.5 Å². The summed E-state index contributed by atoms with van der Waals surface area (Å²) in [4.78, 5) is 28.3. The number of nitrogens with one attached hydrogen (secondary N) is 1. The SMILES string of the molecule is COc1ccccc1CNC(=O)COC(=O)CCCCc1nc2ccccc2s1. The minimum absolute atomic E-state index is 0.272. The molecule has 1 aromatic heterocycles. The number of rotatable bonds is 10. The van der Waals surface area contributed by atoms with Crippen molar-refractivity contribution in [3.05, 3.63) is 59.1 Å². The summed E-state index contributed by atoms with van der Waals surface area (Å²) in [6.07, 6.45) is 2.70. The highest BCUT2D eigenvalue weighted by atomic mass is 32.1. The van der Waals surface area contributed by atoms with Crippen LogP contribution in [-0.2, 0) is 27.3 Å². The molecule has 2 aromatic carbocycles. The van der Waals surface area contributed by atoms with Crippen molar-refractivity contribution >= 4 is 33.4 Å². The Morgan fingerprint density at radius 3 is 2.69 bits per heavy atom. The highest BCUT2D eigenvalue weighted by Crippen LogP contribution is 2.23. The molecule has 3 rings (SSSR count). The molecule has 0 fully saturated rings. The fourth-order valence-electron chi connectivity index (χ4n) is 2.88. The number of para-hydroxylation sites is 2. The number of aromatic nitrogens is 1. The topological polar surface area (TPSA) is 77.5 Å². The van der Waals surface area contributed by atoms with Crippen molar-refractivity contribution in [3.63, 3.8) is 0 Å². The van der Waals surface area contributed by atoms with Gasteiger partial charge in [-0.25, -0.2) is 4.98 Å². The first-order valence-electron chi connectivity index (χ1n) is 9.54. The molecule has 0 bridgehead atoms. The number of esters is 1. The summed E-state index contributed by atoms with van der Waals surface area (Å²) in [5.41, 5.74) is 1.88. The van der Waals surface area contributed by atoms with Crippen LogP contribution in [0.15, 0.2) is 48.5 Å². The molecule has 0 aliphatic heterocycles. The maximum Gasteiger partial charge on any atom is 0.306 e. The number of carbonyl (C=O) groups is 2. The monoisotopic (exact) mass is 412 g/mol. The molecule has 152 valence electrons. The van der Waals surface area contributed by atoms with Crippen LogP contribution >= 0.6 is 11.3 Å². The molecule has 3 aromatic rings. The molecule has 29 heavy (non-hydrogen) atoms. The predicted molar refractivity (Wildman–Crippen MR) is 113 cm³/mol. The highest BCUT2D eigenvalue weighted by molar-refractivity contribution is 7.18. The standard InChI is InChI=1S/C22H24N2O4S/c1-27-18-10-4-2-8-16(18)14-23-20(25)15-28-22(26)13-7-6-12-21-24-17-9-3-5-11-19(17)29-21/h2-5,8-11H,6-7,12-15H2,1H3,(H,23,25). The molecule has 1 heterocycles. The first-order valence-corrected chi connectivity index (χ1v) is 10.4. The third-order valence-electron chi connectivity index (χ3n) is 4.39. The molecule has 0 aliphatic rings. The van der Waals surface area contributed by atoms with E-state index < -0.39 is 0 Å². The Morgan fingerprint density at radius 1 is 1.07 bits per heavy atom. The van der Waals surface area contributed by atoms with E-state index in [4.69, 9.17) is 9.47 Å². The number of fused-ring (bicyclic) bond motifs is 1. The van der Waals surface area contributed by atoms with Crippen LogP contribution in [-0.4, -0.2) is 30.6 Å². The molecule has 0 aliphatic carbocycles. The number of methoxy groups -OCH3 is 1. The molecule has 1 amide bonds. The van der Waals surface area contributed by atoms with Gasteiger partial charge < -0.3 is 14.8 Å². The fraction of sp³-hybridized carbons (Fsp3) is 0.318. The Balaban J connectivity index is 1.30. The van der Waals surface area contributed by atoms with Crippen LogP contribution < -0.4 is 10.1 Å². The molecule has 6 nitrogen and oxygen atoms in total. The van der Waals surface area contributed by atoms with Crippen LogP contribution in [0.25, 0.3) is 10.2 Å². The average Bonchev–Trinajstić information content (AvgIpc) is 3.17. The molecular formula is C22H24N2O4S. The van der Waals surface area contributed by atoms with Gasteiger partial charge in [-0.2, -0.15) is 0 Å². The molecule has 0 spiro atoms. The van der Waals surface area contributed by atoms with Gasteiger partial charge in [0.2, 0.25) is 0 Å². The zero-order valence-corrected chi connectivity index (χ0v) is 17.2. The van der Waals surface area contributed by atoms with Crippen molar-refractivity contribution in [2.75, 3.05) is 13.7 Å². The van der Waals surface area contributed by atoms with Crippen LogP contribution in [0.4, 0.5) is 0 Å². The molecule has 0 unspecified atom stereocenters. The number of hydrogen-bond donors (Lipinski definition) is 1. The summed E-state index contributed by atoms with van der Waals surface area (Å²) in [7, 11) is 1.58. The van der Waals surface area contributed by atoms with Gasteiger partial charge in [-0.1, -0.05) is 30.3 Å². The number of nitrogens with zero attached hydrogens (tertiary/aromatic N) is 1. The zero-order chi connectivity index (χ0) is 20.5. The maximum atomic E-state index is 11.9. The smallest absolute Gasteiger partial charge is 0.306 e. The van der Waals surface area contributed by atoms with Gasteiger partial charge in [0.15, 0.2) is 6.61 Å². The van der Waals surface area contributed by atoms with Gasteiger partial charge in [-0.3, -0.25) is 9.59 Å². The summed E-state index contributed by atoms with van der Waals surface area (Å²) in [6.45, 7) is 0.0500. The van der Waals surface area contributed by atoms with Gasteiger partial charge in [-0.15, -0.1) is 11.3 Å². The highest BCUT2D eigenvalue weighted by Gasteiger charge is 2.09. The van der Waals surface area contributed by atoms with E-state index in [0.717, 1.165) is 28.9 Å². The molecule has 1 N–H and O–H groups in total. The Hall–Kier alpha value is -2.93. The maximum absolute atomic E-state index is 11.9. The van der Waals surface area contributed by atoms with E-state index in [1.165, 1.54) is 4.70 Å². The normalized spacial score (nSPS) is 10.7. The largest absolute Gasteiger partial charge is 0.496 e.